The molecule has 2 aromatic rings. The van der Waals surface area contributed by atoms with E-state index < -0.39 is 10.5 Å². The lowest BCUT2D eigenvalue weighted by Crippen LogP contribution is -2.03. The molecular formula is C9H5ClN2O4. The number of rotatable bonds is 1. The Bertz CT molecular complexity index is 650. The number of aryl methyl sites for hydroxylation is 1. The average molecular weight is 241 g/mol. The molecule has 0 aliphatic heterocycles. The zero-order valence-electron chi connectivity index (χ0n) is 8.06. The zero-order valence-corrected chi connectivity index (χ0v) is 8.82. The van der Waals surface area contributed by atoms with Crippen LogP contribution in [-0.2, 0) is 0 Å². The number of hydrogen-bond donors (Lipinski definition) is 0. The zero-order chi connectivity index (χ0) is 11.9. The minimum absolute atomic E-state index is 0.115. The molecule has 6 nitrogen and oxygen atoms in total. The van der Waals surface area contributed by atoms with E-state index in [2.05, 4.69) is 4.98 Å². The van der Waals surface area contributed by atoms with E-state index in [0.29, 0.717) is 0 Å². The molecule has 0 saturated carbocycles. The number of nitrogens with zero attached hydrogens (tertiary/aromatic N) is 2. The molecule has 0 fully saturated rings. The molecule has 2 rings (SSSR count). The highest BCUT2D eigenvalue weighted by atomic mass is 35.5. The Morgan fingerprint density at radius 1 is 1.50 bits per heavy atom. The number of nitro groups is 1. The van der Waals surface area contributed by atoms with Crippen LogP contribution in [0.15, 0.2) is 21.3 Å². The smallest absolute Gasteiger partial charge is 0.346 e. The maximum absolute atomic E-state index is 11.4. The summed E-state index contributed by atoms with van der Waals surface area (Å²) in [5.41, 5.74) is -0.698. The fourth-order valence-electron chi connectivity index (χ4n) is 1.33. The highest BCUT2D eigenvalue weighted by molar-refractivity contribution is 6.33. The van der Waals surface area contributed by atoms with E-state index in [-0.39, 0.29) is 27.5 Å². The van der Waals surface area contributed by atoms with Gasteiger partial charge in [-0.2, -0.15) is 0 Å². The lowest BCUT2D eigenvalue weighted by atomic mass is 10.2. The van der Waals surface area contributed by atoms with Crippen molar-refractivity contribution in [2.75, 3.05) is 0 Å². The van der Waals surface area contributed by atoms with Gasteiger partial charge in [-0.1, -0.05) is 11.6 Å². The third-order valence-corrected chi connectivity index (χ3v) is 2.30. The molecule has 1 aromatic heterocycles. The second kappa shape index (κ2) is 3.57. The lowest BCUT2D eigenvalue weighted by Gasteiger charge is -1.99. The van der Waals surface area contributed by atoms with Gasteiger partial charge in [-0.3, -0.25) is 10.1 Å². The lowest BCUT2D eigenvalue weighted by molar-refractivity contribution is -0.384. The van der Waals surface area contributed by atoms with Gasteiger partial charge in [0.15, 0.2) is 5.89 Å². The molecular weight excluding hydrogens is 236 g/mol. The number of aromatic nitrogens is 1. The molecule has 0 radical (unpaired) electrons. The summed E-state index contributed by atoms with van der Waals surface area (Å²) >= 11 is 5.66. The SMILES string of the molecule is Cc1nc2cc([N+](=O)[O-])c(Cl)cc2c(=O)o1. The molecule has 0 unspecified atom stereocenters. The molecule has 1 aromatic carbocycles. The molecule has 0 spiro atoms. The molecule has 0 bridgehead atoms. The monoisotopic (exact) mass is 240 g/mol. The van der Waals surface area contributed by atoms with Gasteiger partial charge >= 0.3 is 5.63 Å². The fraction of sp³-hybridized carbons (Fsp3) is 0.111. The Labute approximate surface area is 93.6 Å². The van der Waals surface area contributed by atoms with E-state index in [4.69, 9.17) is 16.0 Å². The first kappa shape index (κ1) is 10.6. The Balaban J connectivity index is 2.90. The summed E-state index contributed by atoms with van der Waals surface area (Å²) in [4.78, 5) is 25.3. The largest absolute Gasteiger partial charge is 0.408 e. The van der Waals surface area contributed by atoms with Crippen molar-refractivity contribution in [3.63, 3.8) is 0 Å². The standard InChI is InChI=1S/C9H5ClN2O4/c1-4-11-7-3-8(12(14)15)6(10)2-5(7)9(13)16-4/h2-3H,1H3. The summed E-state index contributed by atoms with van der Waals surface area (Å²) in [6.07, 6.45) is 0. The van der Waals surface area contributed by atoms with E-state index in [1.165, 1.54) is 13.0 Å². The van der Waals surface area contributed by atoms with E-state index in [0.717, 1.165) is 6.07 Å². The van der Waals surface area contributed by atoms with Crippen LogP contribution < -0.4 is 5.63 Å². The van der Waals surface area contributed by atoms with Crippen LogP contribution in [-0.4, -0.2) is 9.91 Å². The van der Waals surface area contributed by atoms with Gasteiger partial charge in [-0.25, -0.2) is 9.78 Å². The second-order valence-electron chi connectivity index (χ2n) is 3.10. The van der Waals surface area contributed by atoms with E-state index in [9.17, 15) is 14.9 Å². The van der Waals surface area contributed by atoms with Crippen molar-refractivity contribution >= 4 is 28.2 Å². The fourth-order valence-corrected chi connectivity index (χ4v) is 1.56. The summed E-state index contributed by atoms with van der Waals surface area (Å²) in [5.74, 6) is 0.147. The normalized spacial score (nSPS) is 10.6. The highest BCUT2D eigenvalue weighted by Crippen LogP contribution is 2.27. The van der Waals surface area contributed by atoms with Crippen molar-refractivity contribution < 1.29 is 9.34 Å². The van der Waals surface area contributed by atoms with Crippen LogP contribution in [0.5, 0.6) is 0 Å². The predicted molar refractivity (Wildman–Crippen MR) is 56.7 cm³/mol. The first-order valence-corrected chi connectivity index (χ1v) is 4.62. The van der Waals surface area contributed by atoms with Crippen LogP contribution in [0.3, 0.4) is 0 Å². The molecule has 1 heterocycles. The Kier molecular flexibility index (Phi) is 2.35. The molecule has 82 valence electrons. The van der Waals surface area contributed by atoms with Gasteiger partial charge in [-0.05, 0) is 6.07 Å². The number of benzene rings is 1. The minimum atomic E-state index is -0.632. The van der Waals surface area contributed by atoms with Gasteiger partial charge in [0.2, 0.25) is 0 Å². The van der Waals surface area contributed by atoms with Crippen molar-refractivity contribution in [1.29, 1.82) is 0 Å². The van der Waals surface area contributed by atoms with Gasteiger partial charge < -0.3 is 4.42 Å². The van der Waals surface area contributed by atoms with Crippen LogP contribution in [0.4, 0.5) is 5.69 Å². The van der Waals surface area contributed by atoms with Crippen LogP contribution >= 0.6 is 11.6 Å². The van der Waals surface area contributed by atoms with Crippen molar-refractivity contribution in [2.45, 2.75) is 6.92 Å². The second-order valence-corrected chi connectivity index (χ2v) is 3.51. The van der Waals surface area contributed by atoms with Crippen molar-refractivity contribution in [3.8, 4) is 0 Å². The number of hydrogen-bond acceptors (Lipinski definition) is 5. The Morgan fingerprint density at radius 3 is 2.81 bits per heavy atom. The van der Waals surface area contributed by atoms with E-state index >= 15 is 0 Å². The maximum Gasteiger partial charge on any atom is 0.346 e. The van der Waals surface area contributed by atoms with Gasteiger partial charge in [0.25, 0.3) is 5.69 Å². The van der Waals surface area contributed by atoms with Gasteiger partial charge in [0.05, 0.1) is 15.8 Å². The third kappa shape index (κ3) is 1.63. The summed E-state index contributed by atoms with van der Waals surface area (Å²) < 4.78 is 4.75. The van der Waals surface area contributed by atoms with Gasteiger partial charge in [0, 0.05) is 13.0 Å². The summed E-state index contributed by atoms with van der Waals surface area (Å²) in [7, 11) is 0. The topological polar surface area (TPSA) is 86.2 Å². The molecule has 7 heteroatoms. The average Bonchev–Trinajstić information content (AvgIpc) is 2.18. The molecule has 0 aliphatic carbocycles. The summed E-state index contributed by atoms with van der Waals surface area (Å²) in [5, 5.41) is 10.6. The quantitative estimate of drug-likeness (QED) is 0.562. The Hall–Kier alpha value is -1.95. The molecule has 16 heavy (non-hydrogen) atoms. The molecule has 0 saturated heterocycles. The maximum atomic E-state index is 11.4. The van der Waals surface area contributed by atoms with Crippen LogP contribution in [0.25, 0.3) is 10.9 Å². The van der Waals surface area contributed by atoms with E-state index in [1.807, 2.05) is 0 Å². The predicted octanol–water partition coefficient (Wildman–Crippen LogP) is 2.06. The molecule has 0 atom stereocenters. The van der Waals surface area contributed by atoms with Crippen molar-refractivity contribution in [2.24, 2.45) is 0 Å². The number of nitro benzene ring substituents is 1. The van der Waals surface area contributed by atoms with Crippen LogP contribution in [0.1, 0.15) is 5.89 Å². The van der Waals surface area contributed by atoms with Crippen molar-refractivity contribution in [3.05, 3.63) is 43.6 Å². The van der Waals surface area contributed by atoms with Crippen molar-refractivity contribution in [1.82, 2.24) is 4.98 Å². The first-order chi connectivity index (χ1) is 7.49. The summed E-state index contributed by atoms with van der Waals surface area (Å²) in [6.45, 7) is 1.49. The minimum Gasteiger partial charge on any atom is -0.408 e. The van der Waals surface area contributed by atoms with Crippen LogP contribution in [0, 0.1) is 17.0 Å². The third-order valence-electron chi connectivity index (χ3n) is 2.00. The molecule has 0 aliphatic rings. The highest BCUT2D eigenvalue weighted by Gasteiger charge is 2.16. The Morgan fingerprint density at radius 2 is 2.19 bits per heavy atom. The van der Waals surface area contributed by atoms with Gasteiger partial charge in [0.1, 0.15) is 5.02 Å². The van der Waals surface area contributed by atoms with Crippen LogP contribution in [0.2, 0.25) is 5.02 Å². The van der Waals surface area contributed by atoms with Gasteiger partial charge in [-0.15, -0.1) is 0 Å². The molecule has 0 N–H and O–H groups in total. The van der Waals surface area contributed by atoms with E-state index in [1.54, 1.807) is 0 Å². The number of halogens is 1. The molecule has 0 amide bonds. The summed E-state index contributed by atoms with van der Waals surface area (Å²) in [6, 6.07) is 2.34. The number of fused-ring (bicyclic) bond motifs is 1. The first-order valence-electron chi connectivity index (χ1n) is 4.24.